The van der Waals surface area contributed by atoms with E-state index < -0.39 is 17.6 Å². The van der Waals surface area contributed by atoms with E-state index in [2.05, 4.69) is 21.2 Å². The molecule has 9 nitrogen and oxygen atoms in total. The number of para-hydroxylation sites is 2. The van der Waals surface area contributed by atoms with Gasteiger partial charge in [-0.3, -0.25) is 14.4 Å². The van der Waals surface area contributed by atoms with Gasteiger partial charge >= 0.3 is 11.8 Å². The lowest BCUT2D eigenvalue weighted by Crippen LogP contribution is -2.32. The van der Waals surface area contributed by atoms with E-state index in [-0.39, 0.29) is 18.2 Å². The van der Waals surface area contributed by atoms with Gasteiger partial charge in [0, 0.05) is 5.69 Å². The molecule has 0 aliphatic rings. The van der Waals surface area contributed by atoms with Crippen LogP contribution in [-0.4, -0.2) is 37.7 Å². The maximum absolute atomic E-state index is 13.6. The first-order valence-electron chi connectivity index (χ1n) is 10.8. The summed E-state index contributed by atoms with van der Waals surface area (Å²) in [6.07, 6.45) is 1.29. The normalized spacial score (nSPS) is 10.6. The second-order valence-electron chi connectivity index (χ2n) is 7.65. The molecule has 0 aliphatic carbocycles. The predicted molar refractivity (Wildman–Crippen MR) is 134 cm³/mol. The van der Waals surface area contributed by atoms with Gasteiger partial charge in [0.25, 0.3) is 5.91 Å². The Morgan fingerprint density at radius 3 is 2.33 bits per heavy atom. The Bertz CT molecular complexity index is 1290. The molecule has 0 radical (unpaired) electrons. The molecule has 3 amide bonds. The van der Waals surface area contributed by atoms with Gasteiger partial charge in [0.15, 0.2) is 18.1 Å². The molecule has 0 atom stereocenters. The number of halogens is 1. The van der Waals surface area contributed by atoms with Crippen molar-refractivity contribution in [1.82, 2.24) is 5.43 Å². The third-order valence-electron chi connectivity index (χ3n) is 5.00. The van der Waals surface area contributed by atoms with Gasteiger partial charge in [-0.05, 0) is 60.9 Å². The topological polar surface area (TPSA) is 118 Å². The number of nitrogens with one attached hydrogen (secondary N) is 3. The van der Waals surface area contributed by atoms with Gasteiger partial charge in [-0.15, -0.1) is 0 Å². The van der Waals surface area contributed by atoms with Crippen LogP contribution in [0.1, 0.15) is 16.7 Å². The Kier molecular flexibility index (Phi) is 8.71. The third-order valence-corrected chi connectivity index (χ3v) is 5.00. The smallest absolute Gasteiger partial charge is 0.329 e. The summed E-state index contributed by atoms with van der Waals surface area (Å²) < 4.78 is 24.5. The van der Waals surface area contributed by atoms with Crippen LogP contribution in [-0.2, 0) is 14.4 Å². The summed E-state index contributed by atoms with van der Waals surface area (Å²) in [6, 6.07) is 16.0. The lowest BCUT2D eigenvalue weighted by atomic mass is 10.1. The van der Waals surface area contributed by atoms with Crippen molar-refractivity contribution in [2.24, 2.45) is 5.10 Å². The Labute approximate surface area is 207 Å². The lowest BCUT2D eigenvalue weighted by Gasteiger charge is -2.13. The molecule has 3 aromatic rings. The number of carbonyl (C=O) groups is 3. The Morgan fingerprint density at radius 2 is 1.64 bits per heavy atom. The van der Waals surface area contributed by atoms with Gasteiger partial charge < -0.3 is 20.1 Å². The maximum Gasteiger partial charge on any atom is 0.329 e. The Morgan fingerprint density at radius 1 is 0.917 bits per heavy atom. The highest BCUT2D eigenvalue weighted by Crippen LogP contribution is 2.28. The molecule has 0 fully saturated rings. The SMILES string of the molecule is COc1cc(/C=N\NC(=O)C(=O)Nc2ccccc2F)ccc1OCC(=O)Nc1c(C)cccc1C. The largest absolute Gasteiger partial charge is 0.493 e. The molecule has 0 saturated carbocycles. The van der Waals surface area contributed by atoms with Gasteiger partial charge in [-0.25, -0.2) is 9.82 Å². The quantitative estimate of drug-likeness (QED) is 0.253. The summed E-state index contributed by atoms with van der Waals surface area (Å²) in [4.78, 5) is 36.2. The highest BCUT2D eigenvalue weighted by molar-refractivity contribution is 6.39. The zero-order valence-corrected chi connectivity index (χ0v) is 19.9. The molecule has 0 aliphatic heterocycles. The van der Waals surface area contributed by atoms with E-state index in [1.54, 1.807) is 18.2 Å². The van der Waals surface area contributed by atoms with Crippen LogP contribution in [0.3, 0.4) is 0 Å². The molecule has 0 heterocycles. The summed E-state index contributed by atoms with van der Waals surface area (Å²) in [7, 11) is 1.44. The van der Waals surface area contributed by atoms with Crippen LogP contribution in [0.15, 0.2) is 65.8 Å². The number of hydrazone groups is 1. The second-order valence-corrected chi connectivity index (χ2v) is 7.65. The zero-order valence-electron chi connectivity index (χ0n) is 19.9. The number of amides is 3. The van der Waals surface area contributed by atoms with Crippen LogP contribution < -0.4 is 25.5 Å². The molecule has 3 rings (SSSR count). The molecule has 0 aromatic heterocycles. The van der Waals surface area contributed by atoms with Crippen LogP contribution in [0.25, 0.3) is 0 Å². The number of benzene rings is 3. The first-order valence-corrected chi connectivity index (χ1v) is 10.8. The zero-order chi connectivity index (χ0) is 26.1. The van der Waals surface area contributed by atoms with E-state index in [4.69, 9.17) is 9.47 Å². The number of hydrogen-bond acceptors (Lipinski definition) is 6. The minimum atomic E-state index is -1.07. The van der Waals surface area contributed by atoms with Crippen molar-refractivity contribution in [3.8, 4) is 11.5 Å². The van der Waals surface area contributed by atoms with Gasteiger partial charge in [-0.2, -0.15) is 5.10 Å². The number of aryl methyl sites for hydroxylation is 2. The monoisotopic (exact) mass is 492 g/mol. The van der Waals surface area contributed by atoms with Crippen LogP contribution >= 0.6 is 0 Å². The van der Waals surface area contributed by atoms with Crippen LogP contribution in [0.4, 0.5) is 15.8 Å². The molecule has 0 spiro atoms. The second kappa shape index (κ2) is 12.1. The summed E-state index contributed by atoms with van der Waals surface area (Å²) in [5.74, 6) is -2.47. The molecule has 36 heavy (non-hydrogen) atoms. The highest BCUT2D eigenvalue weighted by Gasteiger charge is 2.15. The first-order chi connectivity index (χ1) is 17.3. The summed E-state index contributed by atoms with van der Waals surface area (Å²) >= 11 is 0. The fourth-order valence-corrected chi connectivity index (χ4v) is 3.17. The fourth-order valence-electron chi connectivity index (χ4n) is 3.17. The minimum absolute atomic E-state index is 0.121. The predicted octanol–water partition coefficient (Wildman–Crippen LogP) is 3.56. The van der Waals surface area contributed by atoms with E-state index in [1.165, 1.54) is 31.5 Å². The van der Waals surface area contributed by atoms with Crippen molar-refractivity contribution in [1.29, 1.82) is 0 Å². The summed E-state index contributed by atoms with van der Waals surface area (Å²) in [5.41, 5.74) is 5.10. The number of methoxy groups -OCH3 is 1. The molecule has 0 bridgehead atoms. The summed E-state index contributed by atoms with van der Waals surface area (Å²) in [6.45, 7) is 3.58. The van der Waals surface area contributed by atoms with Gasteiger partial charge in [-0.1, -0.05) is 30.3 Å². The van der Waals surface area contributed by atoms with E-state index in [9.17, 15) is 18.8 Å². The minimum Gasteiger partial charge on any atom is -0.493 e. The van der Waals surface area contributed by atoms with Crippen molar-refractivity contribution >= 4 is 35.3 Å². The molecular weight excluding hydrogens is 467 g/mol. The lowest BCUT2D eigenvalue weighted by molar-refractivity contribution is -0.136. The van der Waals surface area contributed by atoms with E-state index in [0.717, 1.165) is 22.9 Å². The summed E-state index contributed by atoms with van der Waals surface area (Å²) in [5, 5.41) is 8.73. The molecule has 10 heteroatoms. The first kappa shape index (κ1) is 25.9. The van der Waals surface area contributed by atoms with Crippen molar-refractivity contribution in [3.63, 3.8) is 0 Å². The van der Waals surface area contributed by atoms with E-state index >= 15 is 0 Å². The fraction of sp³-hybridized carbons (Fsp3) is 0.154. The molecular formula is C26H25FN4O5. The number of anilines is 2. The maximum atomic E-state index is 13.6. The number of hydrogen-bond donors (Lipinski definition) is 3. The number of ether oxygens (including phenoxy) is 2. The van der Waals surface area contributed by atoms with Gasteiger partial charge in [0.1, 0.15) is 5.82 Å². The van der Waals surface area contributed by atoms with Crippen molar-refractivity contribution in [3.05, 3.63) is 83.2 Å². The average molecular weight is 493 g/mol. The van der Waals surface area contributed by atoms with Crippen molar-refractivity contribution in [2.75, 3.05) is 24.4 Å². The third kappa shape index (κ3) is 6.89. The number of carbonyl (C=O) groups excluding carboxylic acids is 3. The molecule has 186 valence electrons. The van der Waals surface area contributed by atoms with Gasteiger partial charge in [0.05, 0.1) is 19.0 Å². The number of rotatable bonds is 8. The molecule has 0 saturated heterocycles. The van der Waals surface area contributed by atoms with Crippen LogP contribution in [0, 0.1) is 19.7 Å². The molecule has 3 N–H and O–H groups in total. The van der Waals surface area contributed by atoms with Crippen molar-refractivity contribution in [2.45, 2.75) is 13.8 Å². The van der Waals surface area contributed by atoms with Gasteiger partial charge in [0.2, 0.25) is 0 Å². The van der Waals surface area contributed by atoms with Crippen LogP contribution in [0.2, 0.25) is 0 Å². The Hall–Kier alpha value is -4.73. The molecule has 3 aromatic carbocycles. The Balaban J connectivity index is 1.55. The van der Waals surface area contributed by atoms with E-state index in [0.29, 0.717) is 17.1 Å². The van der Waals surface area contributed by atoms with E-state index in [1.807, 2.05) is 32.0 Å². The highest BCUT2D eigenvalue weighted by atomic mass is 19.1. The molecule has 0 unspecified atom stereocenters. The number of nitrogens with zero attached hydrogens (tertiary/aromatic N) is 1. The standard InChI is InChI=1S/C26H25FN4O5/c1-16-7-6-8-17(2)24(16)30-23(32)15-36-21-12-11-18(13-22(21)35-3)14-28-31-26(34)25(33)29-20-10-5-4-9-19(20)27/h4-14H,15H2,1-3H3,(H,29,33)(H,30,32)(H,31,34)/b28-14-. The average Bonchev–Trinajstić information content (AvgIpc) is 2.86. The van der Waals surface area contributed by atoms with Crippen molar-refractivity contribution < 1.29 is 28.2 Å². The van der Waals surface area contributed by atoms with Crippen LogP contribution in [0.5, 0.6) is 11.5 Å².